The summed E-state index contributed by atoms with van der Waals surface area (Å²) in [6.45, 7) is 0. The molecular formula is C14H17GeN. The van der Waals surface area contributed by atoms with Crippen LogP contribution in [0.5, 0.6) is 0 Å². The van der Waals surface area contributed by atoms with Crippen molar-refractivity contribution in [3.05, 3.63) is 48.6 Å². The molecule has 0 radical (unpaired) electrons. The van der Waals surface area contributed by atoms with Gasteiger partial charge in [0.25, 0.3) is 0 Å². The predicted molar refractivity (Wildman–Crippen MR) is 72.7 cm³/mol. The Morgan fingerprint density at radius 2 is 1.75 bits per heavy atom. The molecule has 2 heteroatoms. The number of hydrogen-bond donors (Lipinski definition) is 0. The van der Waals surface area contributed by atoms with Crippen LogP contribution in [0.3, 0.4) is 0 Å². The van der Waals surface area contributed by atoms with Crippen LogP contribution in [-0.2, 0) is 0 Å². The van der Waals surface area contributed by atoms with Crippen LogP contribution in [0.15, 0.2) is 48.6 Å². The van der Waals surface area contributed by atoms with Gasteiger partial charge in [0.1, 0.15) is 0 Å². The molecule has 0 aliphatic rings. The van der Waals surface area contributed by atoms with Gasteiger partial charge in [-0.2, -0.15) is 0 Å². The molecular weight excluding hydrogens is 255 g/mol. The number of pyridine rings is 1. The molecule has 0 N–H and O–H groups in total. The molecule has 1 heterocycles. The standard InChI is InChI=1S/C14H17GeN/c1-15(2,3)13-9-10-14(16-11-13)12-7-5-4-6-8-12/h4-11H,1-3H3/i9D. The first kappa shape index (κ1) is 10.1. The summed E-state index contributed by atoms with van der Waals surface area (Å²) in [6, 6.07) is 12.6. The second-order valence-corrected chi connectivity index (χ2v) is 15.5. The third-order valence-electron chi connectivity index (χ3n) is 2.57. The van der Waals surface area contributed by atoms with Gasteiger partial charge in [0, 0.05) is 0 Å². The zero-order valence-corrected chi connectivity index (χ0v) is 12.1. The number of nitrogens with zero attached hydrogens (tertiary/aromatic N) is 1. The van der Waals surface area contributed by atoms with E-state index in [-0.39, 0.29) is 0 Å². The van der Waals surface area contributed by atoms with Gasteiger partial charge in [-0.3, -0.25) is 0 Å². The first-order valence-corrected chi connectivity index (χ1v) is 12.9. The van der Waals surface area contributed by atoms with Crippen molar-refractivity contribution in [1.82, 2.24) is 4.98 Å². The van der Waals surface area contributed by atoms with E-state index in [4.69, 9.17) is 1.37 Å². The fraction of sp³-hybridized carbons (Fsp3) is 0.214. The zero-order valence-electron chi connectivity index (χ0n) is 11.0. The van der Waals surface area contributed by atoms with Gasteiger partial charge in [0.05, 0.1) is 0 Å². The van der Waals surface area contributed by atoms with Gasteiger partial charge in [0.2, 0.25) is 0 Å². The van der Waals surface area contributed by atoms with E-state index in [1.54, 1.807) is 0 Å². The minimum absolute atomic E-state index is 0.645. The summed E-state index contributed by atoms with van der Waals surface area (Å²) in [5, 5.41) is 0. The van der Waals surface area contributed by atoms with Crippen molar-refractivity contribution in [1.29, 1.82) is 0 Å². The molecule has 2 rings (SSSR count). The van der Waals surface area contributed by atoms with Gasteiger partial charge in [-0.25, -0.2) is 0 Å². The molecule has 82 valence electrons. The molecule has 0 saturated carbocycles. The van der Waals surface area contributed by atoms with Gasteiger partial charge >= 0.3 is 101 Å². The predicted octanol–water partition coefficient (Wildman–Crippen LogP) is 3.29. The van der Waals surface area contributed by atoms with Crippen LogP contribution >= 0.6 is 0 Å². The number of rotatable bonds is 2. The Labute approximate surface area is 101 Å². The van der Waals surface area contributed by atoms with Crippen LogP contribution in [-0.4, -0.2) is 18.3 Å². The van der Waals surface area contributed by atoms with E-state index in [0.29, 0.717) is 6.04 Å². The topological polar surface area (TPSA) is 12.9 Å². The minimum atomic E-state index is -1.95. The quantitative estimate of drug-likeness (QED) is 0.765. The molecule has 0 atom stereocenters. The van der Waals surface area contributed by atoms with Gasteiger partial charge < -0.3 is 0 Å². The van der Waals surface area contributed by atoms with Gasteiger partial charge in [0.15, 0.2) is 0 Å². The van der Waals surface area contributed by atoms with Crippen LogP contribution in [0, 0.1) is 0 Å². The Morgan fingerprint density at radius 1 is 1.06 bits per heavy atom. The van der Waals surface area contributed by atoms with E-state index in [0.717, 1.165) is 11.3 Å². The Balaban J connectivity index is 2.45. The molecule has 0 aliphatic carbocycles. The first-order chi connectivity index (χ1) is 7.98. The number of benzene rings is 1. The van der Waals surface area contributed by atoms with Crippen molar-refractivity contribution in [2.45, 2.75) is 17.3 Å². The van der Waals surface area contributed by atoms with Crippen LogP contribution in [0.1, 0.15) is 1.37 Å². The van der Waals surface area contributed by atoms with Crippen LogP contribution in [0.4, 0.5) is 0 Å². The Morgan fingerprint density at radius 3 is 2.31 bits per heavy atom. The van der Waals surface area contributed by atoms with Crippen molar-refractivity contribution in [3.63, 3.8) is 0 Å². The van der Waals surface area contributed by atoms with Crippen LogP contribution < -0.4 is 4.40 Å². The molecule has 0 spiro atoms. The first-order valence-electron chi connectivity index (χ1n) is 6.01. The van der Waals surface area contributed by atoms with Gasteiger partial charge in [-0.05, 0) is 0 Å². The monoisotopic (exact) mass is 274 g/mol. The Bertz CT molecular complexity index is 517. The van der Waals surface area contributed by atoms with E-state index in [9.17, 15) is 0 Å². The molecule has 1 aromatic heterocycles. The van der Waals surface area contributed by atoms with Crippen molar-refractivity contribution < 1.29 is 1.37 Å². The molecule has 0 saturated heterocycles. The van der Waals surface area contributed by atoms with Crippen molar-refractivity contribution in [3.8, 4) is 11.3 Å². The van der Waals surface area contributed by atoms with E-state index in [2.05, 4.69) is 22.3 Å². The summed E-state index contributed by atoms with van der Waals surface area (Å²) in [5.41, 5.74) is 1.97. The van der Waals surface area contributed by atoms with E-state index < -0.39 is 13.3 Å². The van der Waals surface area contributed by atoms with Crippen molar-refractivity contribution in [2.24, 2.45) is 0 Å². The Kier molecular flexibility index (Phi) is 2.79. The van der Waals surface area contributed by atoms with E-state index in [1.165, 1.54) is 4.40 Å². The average Bonchev–Trinajstić information content (AvgIpc) is 2.28. The molecule has 16 heavy (non-hydrogen) atoms. The molecule has 0 bridgehead atoms. The SMILES string of the molecule is [2H]c1cc(-c2ccccc2)nc[c]1[Ge]([CH3])([CH3])[CH3]. The second-order valence-electron chi connectivity index (χ2n) is 4.96. The van der Waals surface area contributed by atoms with Crippen molar-refractivity contribution in [2.75, 3.05) is 0 Å². The maximum atomic E-state index is 8.12. The molecule has 1 nitrogen and oxygen atoms in total. The molecule has 0 amide bonds. The van der Waals surface area contributed by atoms with Gasteiger partial charge in [-0.1, -0.05) is 0 Å². The third-order valence-corrected chi connectivity index (χ3v) is 6.54. The molecule has 1 aromatic carbocycles. The van der Waals surface area contributed by atoms with Crippen LogP contribution in [0.2, 0.25) is 17.3 Å². The molecule has 2 aromatic rings. The summed E-state index contributed by atoms with van der Waals surface area (Å²) in [4.78, 5) is 4.50. The number of aromatic nitrogens is 1. The van der Waals surface area contributed by atoms with E-state index >= 15 is 0 Å². The van der Waals surface area contributed by atoms with Gasteiger partial charge in [-0.15, -0.1) is 0 Å². The maximum absolute atomic E-state index is 8.12. The summed E-state index contributed by atoms with van der Waals surface area (Å²) in [6.07, 6.45) is 1.91. The fourth-order valence-electron chi connectivity index (χ4n) is 1.53. The van der Waals surface area contributed by atoms with Crippen LogP contribution in [0.25, 0.3) is 11.3 Å². The second kappa shape index (κ2) is 4.42. The zero-order chi connectivity index (χ0) is 12.5. The molecule has 0 aliphatic heterocycles. The number of hydrogen-bond acceptors (Lipinski definition) is 1. The Hall–Kier alpha value is -1.09. The normalized spacial score (nSPS) is 12.3. The summed E-state index contributed by atoms with van der Waals surface area (Å²) in [7, 11) is 0. The fourth-order valence-corrected chi connectivity index (χ4v) is 3.54. The molecule has 0 unspecified atom stereocenters. The van der Waals surface area contributed by atoms with Crippen molar-refractivity contribution >= 4 is 17.7 Å². The summed E-state index contributed by atoms with van der Waals surface area (Å²) >= 11 is -1.95. The summed E-state index contributed by atoms with van der Waals surface area (Å²) in [5.74, 6) is 6.87. The third kappa shape index (κ3) is 2.53. The molecule has 0 fully saturated rings. The van der Waals surface area contributed by atoms with E-state index in [1.807, 2.05) is 42.6 Å². The summed E-state index contributed by atoms with van der Waals surface area (Å²) < 4.78 is 9.29. The average molecular weight is 273 g/mol.